The fourth-order valence-electron chi connectivity index (χ4n) is 1.82. The van der Waals surface area contributed by atoms with E-state index in [-0.39, 0.29) is 6.04 Å². The molecule has 1 amide bonds. The third-order valence-electron chi connectivity index (χ3n) is 2.80. The molecule has 1 saturated heterocycles. The van der Waals surface area contributed by atoms with Crippen LogP contribution in [0.1, 0.15) is 27.1 Å². The van der Waals surface area contributed by atoms with Crippen molar-refractivity contribution in [2.45, 2.75) is 12.5 Å². The number of carbonyl (C=O) groups is 2. The van der Waals surface area contributed by atoms with Crippen molar-refractivity contribution in [1.29, 1.82) is 0 Å². The average Bonchev–Trinajstić information content (AvgIpc) is 2.84. The van der Waals surface area contributed by atoms with Crippen LogP contribution in [-0.4, -0.2) is 36.2 Å². The first-order valence-corrected chi connectivity index (χ1v) is 5.60. The maximum absolute atomic E-state index is 13.1. The van der Waals surface area contributed by atoms with E-state index >= 15 is 0 Å². The van der Waals surface area contributed by atoms with Gasteiger partial charge in [-0.05, 0) is 18.6 Å². The first kappa shape index (κ1) is 13.4. The van der Waals surface area contributed by atoms with Gasteiger partial charge in [0.1, 0.15) is 0 Å². The first-order chi connectivity index (χ1) is 8.99. The summed E-state index contributed by atoms with van der Waals surface area (Å²) in [6.45, 7) is 0.812. The maximum atomic E-state index is 13.1. The number of benzene rings is 1. The highest BCUT2D eigenvalue weighted by Gasteiger charge is 2.24. The van der Waals surface area contributed by atoms with Crippen molar-refractivity contribution in [2.24, 2.45) is 0 Å². The number of carboxylic acids is 1. The van der Waals surface area contributed by atoms with E-state index in [1.807, 2.05) is 0 Å². The third-order valence-corrected chi connectivity index (χ3v) is 2.80. The summed E-state index contributed by atoms with van der Waals surface area (Å²) in [5, 5.41) is 11.4. The number of nitrogens with one attached hydrogen (secondary N) is 1. The van der Waals surface area contributed by atoms with E-state index in [1.165, 1.54) is 0 Å². The molecule has 1 aliphatic heterocycles. The van der Waals surface area contributed by atoms with Crippen molar-refractivity contribution >= 4 is 11.9 Å². The third kappa shape index (κ3) is 2.87. The van der Waals surface area contributed by atoms with E-state index < -0.39 is 34.6 Å². The lowest BCUT2D eigenvalue weighted by Gasteiger charge is -2.12. The fourth-order valence-corrected chi connectivity index (χ4v) is 1.82. The molecular weight excluding hydrogens is 260 g/mol. The highest BCUT2D eigenvalue weighted by molar-refractivity contribution is 6.04. The molecule has 0 aliphatic carbocycles. The van der Waals surface area contributed by atoms with Gasteiger partial charge in [0.05, 0.1) is 23.8 Å². The number of aromatic carboxylic acids is 1. The van der Waals surface area contributed by atoms with Gasteiger partial charge in [-0.15, -0.1) is 0 Å². The maximum Gasteiger partial charge on any atom is 0.336 e. The SMILES string of the molecule is O=C(O)c1cc(F)c(F)cc1C(=O)NC1CCOC1. The molecule has 1 aliphatic rings. The van der Waals surface area contributed by atoms with Gasteiger partial charge in [0.2, 0.25) is 0 Å². The second-order valence-electron chi connectivity index (χ2n) is 4.15. The zero-order valence-electron chi connectivity index (χ0n) is 9.78. The van der Waals surface area contributed by atoms with Crippen LogP contribution in [0.5, 0.6) is 0 Å². The van der Waals surface area contributed by atoms with E-state index in [9.17, 15) is 18.4 Å². The molecule has 1 fully saturated rings. The molecular formula is C12H11F2NO4. The van der Waals surface area contributed by atoms with Crippen LogP contribution < -0.4 is 5.32 Å². The van der Waals surface area contributed by atoms with E-state index in [0.717, 1.165) is 0 Å². The van der Waals surface area contributed by atoms with Gasteiger partial charge in [0, 0.05) is 6.61 Å². The molecule has 2 N–H and O–H groups in total. The molecule has 19 heavy (non-hydrogen) atoms. The van der Waals surface area contributed by atoms with Crippen molar-refractivity contribution in [3.8, 4) is 0 Å². The van der Waals surface area contributed by atoms with Crippen LogP contribution in [0.3, 0.4) is 0 Å². The van der Waals surface area contributed by atoms with Crippen molar-refractivity contribution < 1.29 is 28.2 Å². The highest BCUT2D eigenvalue weighted by Crippen LogP contribution is 2.16. The molecule has 102 valence electrons. The zero-order valence-corrected chi connectivity index (χ0v) is 9.78. The van der Waals surface area contributed by atoms with Crippen molar-refractivity contribution in [3.63, 3.8) is 0 Å². The molecule has 0 saturated carbocycles. The topological polar surface area (TPSA) is 75.6 Å². The normalized spacial score (nSPS) is 18.3. The number of hydrogen-bond acceptors (Lipinski definition) is 3. The van der Waals surface area contributed by atoms with Crippen molar-refractivity contribution in [2.75, 3.05) is 13.2 Å². The average molecular weight is 271 g/mol. The number of ether oxygens (including phenoxy) is 1. The number of carbonyl (C=O) groups excluding carboxylic acids is 1. The summed E-state index contributed by atoms with van der Waals surface area (Å²) in [5.74, 6) is -4.82. The number of carboxylic acid groups (broad SMARTS) is 1. The van der Waals surface area contributed by atoms with Gasteiger partial charge in [-0.2, -0.15) is 0 Å². The Hall–Kier alpha value is -2.02. The van der Waals surface area contributed by atoms with Gasteiger partial charge in [-0.3, -0.25) is 4.79 Å². The molecule has 1 unspecified atom stereocenters. The molecule has 0 spiro atoms. The van der Waals surface area contributed by atoms with E-state index in [4.69, 9.17) is 9.84 Å². The zero-order chi connectivity index (χ0) is 14.0. The Morgan fingerprint density at radius 1 is 1.26 bits per heavy atom. The summed E-state index contributed by atoms with van der Waals surface area (Å²) in [4.78, 5) is 22.8. The van der Waals surface area contributed by atoms with Crippen LogP contribution in [0.4, 0.5) is 8.78 Å². The minimum Gasteiger partial charge on any atom is -0.478 e. The van der Waals surface area contributed by atoms with Crippen molar-refractivity contribution in [3.05, 3.63) is 34.9 Å². The molecule has 1 atom stereocenters. The summed E-state index contributed by atoms with van der Waals surface area (Å²) in [6, 6.07) is 0.837. The Bertz CT molecular complexity index is 527. The molecule has 2 rings (SSSR count). The van der Waals surface area contributed by atoms with Crippen LogP contribution in [0.15, 0.2) is 12.1 Å². The lowest BCUT2D eigenvalue weighted by Crippen LogP contribution is -2.36. The highest BCUT2D eigenvalue weighted by atomic mass is 19.2. The van der Waals surface area contributed by atoms with Gasteiger partial charge < -0.3 is 15.2 Å². The Balaban J connectivity index is 2.28. The summed E-state index contributed by atoms with van der Waals surface area (Å²) in [5.41, 5.74) is -0.978. The minimum absolute atomic E-state index is 0.248. The summed E-state index contributed by atoms with van der Waals surface area (Å²) in [6.07, 6.45) is 0.595. The monoisotopic (exact) mass is 271 g/mol. The van der Waals surface area contributed by atoms with Gasteiger partial charge in [-0.25, -0.2) is 13.6 Å². The van der Waals surface area contributed by atoms with Gasteiger partial charge in [0.25, 0.3) is 5.91 Å². The second-order valence-corrected chi connectivity index (χ2v) is 4.15. The van der Waals surface area contributed by atoms with Crippen LogP contribution >= 0.6 is 0 Å². The Morgan fingerprint density at radius 2 is 1.89 bits per heavy atom. The minimum atomic E-state index is -1.49. The lowest BCUT2D eigenvalue weighted by molar-refractivity contribution is 0.0689. The predicted molar refractivity (Wildman–Crippen MR) is 60.0 cm³/mol. The molecule has 7 heteroatoms. The van der Waals surface area contributed by atoms with Gasteiger partial charge in [-0.1, -0.05) is 0 Å². The van der Waals surface area contributed by atoms with Gasteiger partial charge in [0.15, 0.2) is 11.6 Å². The Kier molecular flexibility index (Phi) is 3.75. The van der Waals surface area contributed by atoms with E-state index in [0.29, 0.717) is 31.8 Å². The molecule has 0 aromatic heterocycles. The predicted octanol–water partition coefficient (Wildman–Crippen LogP) is 1.18. The number of amides is 1. The smallest absolute Gasteiger partial charge is 0.336 e. The Labute approximate surface area is 107 Å². The van der Waals surface area contributed by atoms with E-state index in [1.54, 1.807) is 0 Å². The van der Waals surface area contributed by atoms with Crippen LogP contribution in [-0.2, 0) is 4.74 Å². The van der Waals surface area contributed by atoms with E-state index in [2.05, 4.69) is 5.32 Å². The molecule has 1 heterocycles. The fraction of sp³-hybridized carbons (Fsp3) is 0.333. The largest absolute Gasteiger partial charge is 0.478 e. The molecule has 1 aromatic carbocycles. The van der Waals surface area contributed by atoms with Crippen LogP contribution in [0, 0.1) is 11.6 Å². The summed E-state index contributed by atoms with van der Waals surface area (Å²) in [7, 11) is 0. The molecule has 0 bridgehead atoms. The number of halogens is 2. The molecule has 1 aromatic rings. The number of hydrogen-bond donors (Lipinski definition) is 2. The van der Waals surface area contributed by atoms with Gasteiger partial charge >= 0.3 is 5.97 Å². The molecule has 0 radical (unpaired) electrons. The van der Waals surface area contributed by atoms with Crippen LogP contribution in [0.2, 0.25) is 0 Å². The summed E-state index contributed by atoms with van der Waals surface area (Å²) < 4.78 is 31.2. The first-order valence-electron chi connectivity index (χ1n) is 5.60. The van der Waals surface area contributed by atoms with Crippen molar-refractivity contribution in [1.82, 2.24) is 5.32 Å². The quantitative estimate of drug-likeness (QED) is 0.865. The van der Waals surface area contributed by atoms with Crippen LogP contribution in [0.25, 0.3) is 0 Å². The Morgan fingerprint density at radius 3 is 2.42 bits per heavy atom. The lowest BCUT2D eigenvalue weighted by atomic mass is 10.1. The second kappa shape index (κ2) is 5.31. The summed E-state index contributed by atoms with van der Waals surface area (Å²) >= 11 is 0. The molecule has 5 nitrogen and oxygen atoms in total. The number of rotatable bonds is 3. The standard InChI is InChI=1S/C12H11F2NO4/c13-9-3-7(8(12(17)18)4-10(9)14)11(16)15-6-1-2-19-5-6/h3-4,6H,1-2,5H2,(H,15,16)(H,17,18).